The fraction of sp³-hybridized carbons (Fsp3) is 0.952. The summed E-state index contributed by atoms with van der Waals surface area (Å²) in [5.41, 5.74) is 0. The highest BCUT2D eigenvalue weighted by Gasteiger charge is 2.22. The number of hydrogen-bond donors (Lipinski definition) is 1. The van der Waals surface area contributed by atoms with Crippen LogP contribution in [0.4, 0.5) is 0 Å². The molecule has 0 heterocycles. The molecule has 1 N–H and O–H groups in total. The van der Waals surface area contributed by atoms with Crippen molar-refractivity contribution in [2.45, 2.75) is 105 Å². The summed E-state index contributed by atoms with van der Waals surface area (Å²) in [6, 6.07) is 0. The van der Waals surface area contributed by atoms with Crippen LogP contribution in [0.2, 0.25) is 0 Å². The number of aliphatic carboxylic acids is 1. The lowest BCUT2D eigenvalue weighted by atomic mass is 9.83. The third kappa shape index (κ3) is 12.5. The van der Waals surface area contributed by atoms with Crippen molar-refractivity contribution in [1.29, 1.82) is 0 Å². The van der Waals surface area contributed by atoms with E-state index in [1.807, 2.05) is 0 Å². The molecule has 0 saturated heterocycles. The van der Waals surface area contributed by atoms with E-state index in [1.54, 1.807) is 0 Å². The highest BCUT2D eigenvalue weighted by molar-refractivity contribution is 5.69. The standard InChI is InChI=1S/C21H42O2/c1-6-8-13-19(10-7-2)16-20(21(22)23)15-14-18(5)12-9-11-17(3)4/h17-20H,6-16H2,1-5H3,(H,22,23). The number of carboxylic acid groups (broad SMARTS) is 1. The Kier molecular flexibility index (Phi) is 13.5. The van der Waals surface area contributed by atoms with Gasteiger partial charge in [-0.05, 0) is 37.0 Å². The number of hydrogen-bond acceptors (Lipinski definition) is 1. The van der Waals surface area contributed by atoms with Crippen LogP contribution in [0.25, 0.3) is 0 Å². The van der Waals surface area contributed by atoms with Crippen LogP contribution in [0.1, 0.15) is 105 Å². The third-order valence-corrected chi connectivity index (χ3v) is 5.12. The van der Waals surface area contributed by atoms with Gasteiger partial charge in [0.25, 0.3) is 0 Å². The summed E-state index contributed by atoms with van der Waals surface area (Å²) in [5.74, 6) is 1.35. The molecule has 0 amide bonds. The van der Waals surface area contributed by atoms with Gasteiger partial charge in [-0.25, -0.2) is 0 Å². The molecule has 3 unspecified atom stereocenters. The fourth-order valence-corrected chi connectivity index (χ4v) is 3.53. The average molecular weight is 327 g/mol. The molecule has 0 aromatic rings. The van der Waals surface area contributed by atoms with Gasteiger partial charge in [0.05, 0.1) is 5.92 Å². The van der Waals surface area contributed by atoms with Gasteiger partial charge in [-0.3, -0.25) is 4.79 Å². The summed E-state index contributed by atoms with van der Waals surface area (Å²) in [6.45, 7) is 11.3. The molecule has 0 aliphatic carbocycles. The molecule has 0 rings (SSSR count). The van der Waals surface area contributed by atoms with Crippen LogP contribution in [-0.4, -0.2) is 11.1 Å². The Morgan fingerprint density at radius 1 is 0.826 bits per heavy atom. The van der Waals surface area contributed by atoms with Gasteiger partial charge < -0.3 is 5.11 Å². The molecular weight excluding hydrogens is 284 g/mol. The normalized spacial score (nSPS) is 15.6. The zero-order chi connectivity index (χ0) is 17.7. The summed E-state index contributed by atoms with van der Waals surface area (Å²) in [7, 11) is 0. The van der Waals surface area contributed by atoms with E-state index in [9.17, 15) is 9.90 Å². The van der Waals surface area contributed by atoms with E-state index in [-0.39, 0.29) is 5.92 Å². The van der Waals surface area contributed by atoms with E-state index in [2.05, 4.69) is 34.6 Å². The van der Waals surface area contributed by atoms with Crippen molar-refractivity contribution in [3.05, 3.63) is 0 Å². The quantitative estimate of drug-likeness (QED) is 0.354. The zero-order valence-electron chi connectivity index (χ0n) is 16.4. The molecule has 0 bridgehead atoms. The van der Waals surface area contributed by atoms with E-state index < -0.39 is 5.97 Å². The predicted molar refractivity (Wildman–Crippen MR) is 101 cm³/mol. The van der Waals surface area contributed by atoms with Crippen molar-refractivity contribution in [3.63, 3.8) is 0 Å². The Hall–Kier alpha value is -0.530. The van der Waals surface area contributed by atoms with E-state index >= 15 is 0 Å². The van der Waals surface area contributed by atoms with Crippen molar-refractivity contribution >= 4 is 5.97 Å². The van der Waals surface area contributed by atoms with Gasteiger partial charge in [-0.2, -0.15) is 0 Å². The Labute approximate surface area is 145 Å². The second kappa shape index (κ2) is 13.9. The van der Waals surface area contributed by atoms with Crippen molar-refractivity contribution in [2.75, 3.05) is 0 Å². The summed E-state index contributed by atoms with van der Waals surface area (Å²) >= 11 is 0. The highest BCUT2D eigenvalue weighted by atomic mass is 16.4. The van der Waals surface area contributed by atoms with Crippen LogP contribution in [0.5, 0.6) is 0 Å². The topological polar surface area (TPSA) is 37.3 Å². The third-order valence-electron chi connectivity index (χ3n) is 5.12. The SMILES string of the molecule is CCCCC(CCC)CC(CCC(C)CCCC(C)C)C(=O)O. The second-order valence-electron chi connectivity index (χ2n) is 8.08. The fourth-order valence-electron chi connectivity index (χ4n) is 3.53. The molecule has 0 saturated carbocycles. The van der Waals surface area contributed by atoms with Gasteiger partial charge in [0.1, 0.15) is 0 Å². The molecule has 0 aliphatic heterocycles. The smallest absolute Gasteiger partial charge is 0.306 e. The van der Waals surface area contributed by atoms with E-state index in [4.69, 9.17) is 0 Å². The van der Waals surface area contributed by atoms with Crippen LogP contribution >= 0.6 is 0 Å². The molecule has 0 radical (unpaired) electrons. The minimum Gasteiger partial charge on any atom is -0.481 e. The van der Waals surface area contributed by atoms with Crippen molar-refractivity contribution in [2.24, 2.45) is 23.7 Å². The van der Waals surface area contributed by atoms with Gasteiger partial charge in [0.15, 0.2) is 0 Å². The number of rotatable bonds is 15. The van der Waals surface area contributed by atoms with Gasteiger partial charge in [-0.1, -0.05) is 86.0 Å². The second-order valence-corrected chi connectivity index (χ2v) is 8.08. The Bertz CT molecular complexity index is 286. The van der Waals surface area contributed by atoms with Gasteiger partial charge in [0.2, 0.25) is 0 Å². The Morgan fingerprint density at radius 3 is 2.04 bits per heavy atom. The van der Waals surface area contributed by atoms with E-state index in [0.717, 1.165) is 25.2 Å². The molecule has 2 nitrogen and oxygen atoms in total. The molecule has 3 atom stereocenters. The van der Waals surface area contributed by atoms with Crippen molar-refractivity contribution in [3.8, 4) is 0 Å². The first-order valence-corrected chi connectivity index (χ1v) is 10.1. The number of carboxylic acids is 1. The lowest BCUT2D eigenvalue weighted by Crippen LogP contribution is -2.19. The van der Waals surface area contributed by atoms with Crippen LogP contribution in [0.15, 0.2) is 0 Å². The first-order valence-electron chi connectivity index (χ1n) is 10.1. The lowest BCUT2D eigenvalue weighted by molar-refractivity contribution is -0.142. The molecule has 0 fully saturated rings. The Morgan fingerprint density at radius 2 is 1.52 bits per heavy atom. The first-order chi connectivity index (χ1) is 10.9. The highest BCUT2D eigenvalue weighted by Crippen LogP contribution is 2.28. The molecule has 0 aromatic heterocycles. The van der Waals surface area contributed by atoms with Crippen molar-refractivity contribution < 1.29 is 9.90 Å². The molecule has 2 heteroatoms. The van der Waals surface area contributed by atoms with Gasteiger partial charge >= 0.3 is 5.97 Å². The molecule has 23 heavy (non-hydrogen) atoms. The predicted octanol–water partition coefficient (Wildman–Crippen LogP) is 6.93. The van der Waals surface area contributed by atoms with E-state index in [1.165, 1.54) is 51.4 Å². The maximum atomic E-state index is 11.6. The van der Waals surface area contributed by atoms with Crippen LogP contribution in [0, 0.1) is 23.7 Å². The molecule has 138 valence electrons. The van der Waals surface area contributed by atoms with Crippen LogP contribution in [-0.2, 0) is 4.79 Å². The minimum absolute atomic E-state index is 0.129. The summed E-state index contributed by atoms with van der Waals surface area (Å²) in [6.07, 6.45) is 12.7. The molecular formula is C21H42O2. The van der Waals surface area contributed by atoms with E-state index in [0.29, 0.717) is 11.8 Å². The molecule has 0 aromatic carbocycles. The largest absolute Gasteiger partial charge is 0.481 e. The summed E-state index contributed by atoms with van der Waals surface area (Å²) in [4.78, 5) is 11.6. The average Bonchev–Trinajstić information content (AvgIpc) is 2.48. The van der Waals surface area contributed by atoms with Crippen LogP contribution < -0.4 is 0 Å². The summed E-state index contributed by atoms with van der Waals surface area (Å²) in [5, 5.41) is 9.58. The van der Waals surface area contributed by atoms with Crippen molar-refractivity contribution in [1.82, 2.24) is 0 Å². The minimum atomic E-state index is -0.572. The number of unbranched alkanes of at least 4 members (excludes halogenated alkanes) is 1. The Balaban J connectivity index is 4.24. The van der Waals surface area contributed by atoms with Crippen LogP contribution in [0.3, 0.4) is 0 Å². The lowest BCUT2D eigenvalue weighted by Gasteiger charge is -2.22. The number of carbonyl (C=O) groups is 1. The zero-order valence-corrected chi connectivity index (χ0v) is 16.4. The molecule has 0 aliphatic rings. The maximum Gasteiger partial charge on any atom is 0.306 e. The molecule has 0 spiro atoms. The summed E-state index contributed by atoms with van der Waals surface area (Å²) < 4.78 is 0. The first kappa shape index (κ1) is 22.5. The monoisotopic (exact) mass is 326 g/mol. The van der Waals surface area contributed by atoms with Gasteiger partial charge in [0, 0.05) is 0 Å². The maximum absolute atomic E-state index is 11.6. The van der Waals surface area contributed by atoms with Gasteiger partial charge in [-0.15, -0.1) is 0 Å².